The van der Waals surface area contributed by atoms with Crippen molar-refractivity contribution in [3.63, 3.8) is 0 Å². The molecule has 0 aromatic heterocycles. The van der Waals surface area contributed by atoms with Crippen LogP contribution in [0.25, 0.3) is 0 Å². The van der Waals surface area contributed by atoms with Gasteiger partial charge in [0.15, 0.2) is 0 Å². The fourth-order valence-corrected chi connectivity index (χ4v) is 1.91. The number of rotatable bonds is 3. The van der Waals surface area contributed by atoms with Crippen molar-refractivity contribution in [3.05, 3.63) is 35.4 Å². The van der Waals surface area contributed by atoms with Crippen molar-refractivity contribution in [1.82, 2.24) is 0 Å². The average molecular weight is 300 g/mol. The maximum absolute atomic E-state index is 10.8. The van der Waals surface area contributed by atoms with E-state index in [1.54, 1.807) is 13.8 Å². The quantitative estimate of drug-likeness (QED) is 0.444. The molecule has 0 aliphatic rings. The zero-order valence-electron chi connectivity index (χ0n) is 11.8. The number of carbonyl (C=O) groups excluding carboxylic acids is 1. The van der Waals surface area contributed by atoms with Gasteiger partial charge in [0.05, 0.1) is 4.90 Å². The highest BCUT2D eigenvalue weighted by Crippen LogP contribution is 2.21. The Balaban J connectivity index is 0.000000441. The molecule has 7 heteroatoms. The van der Waals surface area contributed by atoms with E-state index in [2.05, 4.69) is 6.58 Å². The van der Waals surface area contributed by atoms with Crippen LogP contribution in [-0.4, -0.2) is 18.9 Å². The monoisotopic (exact) mass is 300 g/mol. The van der Waals surface area contributed by atoms with Gasteiger partial charge in [-0.2, -0.15) is 8.42 Å². The zero-order chi connectivity index (χ0) is 16.1. The molecule has 0 aliphatic carbocycles. The highest BCUT2D eigenvalue weighted by molar-refractivity contribution is 7.85. The van der Waals surface area contributed by atoms with Crippen molar-refractivity contribution in [3.8, 4) is 0 Å². The van der Waals surface area contributed by atoms with Crippen molar-refractivity contribution >= 4 is 21.7 Å². The van der Waals surface area contributed by atoms with Gasteiger partial charge in [-0.25, -0.2) is 0 Å². The van der Waals surface area contributed by atoms with Crippen LogP contribution < -0.4 is 11.5 Å². The van der Waals surface area contributed by atoms with Crippen LogP contribution >= 0.6 is 0 Å². The Morgan fingerprint density at radius 1 is 1.30 bits per heavy atom. The number of hydrogen-bond donors (Lipinski definition) is 3. The number of nitrogens with two attached hydrogens (primary N) is 2. The van der Waals surface area contributed by atoms with Crippen molar-refractivity contribution in [2.75, 3.05) is 5.73 Å². The van der Waals surface area contributed by atoms with Gasteiger partial charge < -0.3 is 11.5 Å². The predicted octanol–water partition coefficient (Wildman–Crippen LogP) is 1.57. The second-order valence-corrected chi connectivity index (χ2v) is 5.69. The van der Waals surface area contributed by atoms with E-state index in [0.717, 1.165) is 0 Å². The average Bonchev–Trinajstić information content (AvgIpc) is 2.33. The molecule has 20 heavy (non-hydrogen) atoms. The Kier molecular flexibility index (Phi) is 6.41. The fraction of sp³-hybridized carbons (Fsp3) is 0.308. The summed E-state index contributed by atoms with van der Waals surface area (Å²) in [6.45, 7) is 8.62. The zero-order valence-corrected chi connectivity index (χ0v) is 12.6. The lowest BCUT2D eigenvalue weighted by molar-refractivity contribution is -0.114. The molecule has 0 unspecified atom stereocenters. The molecule has 0 radical (unpaired) electrons. The van der Waals surface area contributed by atoms with Gasteiger partial charge in [0, 0.05) is 11.3 Å². The number of primary amides is 1. The second-order valence-electron chi connectivity index (χ2n) is 4.27. The van der Waals surface area contributed by atoms with Crippen LogP contribution in [0.3, 0.4) is 0 Å². The van der Waals surface area contributed by atoms with Crippen LogP contribution in [-0.2, 0) is 14.9 Å². The molecule has 1 aromatic carbocycles. The molecule has 0 saturated carbocycles. The smallest absolute Gasteiger partial charge is 0.294 e. The lowest BCUT2D eigenvalue weighted by atomic mass is 10.1. The number of aryl methyl sites for hydroxylation is 2. The molecule has 1 aromatic rings. The highest BCUT2D eigenvalue weighted by atomic mass is 32.2. The van der Waals surface area contributed by atoms with Crippen LogP contribution in [0.4, 0.5) is 5.69 Å². The molecule has 0 atom stereocenters. The van der Waals surface area contributed by atoms with E-state index >= 15 is 0 Å². The van der Waals surface area contributed by atoms with Crippen LogP contribution in [0.1, 0.15) is 24.5 Å². The summed E-state index contributed by atoms with van der Waals surface area (Å²) in [6.07, 6.45) is 0.648. The predicted molar refractivity (Wildman–Crippen MR) is 78.8 cm³/mol. The first-order valence-electron chi connectivity index (χ1n) is 5.82. The maximum Gasteiger partial charge on any atom is 0.294 e. The minimum Gasteiger partial charge on any atom is -0.398 e. The molecule has 0 heterocycles. The van der Waals surface area contributed by atoms with Gasteiger partial charge in [0.1, 0.15) is 0 Å². The van der Waals surface area contributed by atoms with Gasteiger partial charge in [-0.3, -0.25) is 9.35 Å². The summed E-state index contributed by atoms with van der Waals surface area (Å²) in [5.74, 6) is -0.400. The largest absolute Gasteiger partial charge is 0.398 e. The Morgan fingerprint density at radius 2 is 1.70 bits per heavy atom. The molecule has 112 valence electrons. The Labute approximate surface area is 119 Å². The number of carbonyl (C=O) groups is 1. The maximum atomic E-state index is 10.8. The first-order chi connectivity index (χ1) is 9.00. The van der Waals surface area contributed by atoms with E-state index in [0.29, 0.717) is 28.8 Å². The van der Waals surface area contributed by atoms with Gasteiger partial charge in [0.25, 0.3) is 10.1 Å². The van der Waals surface area contributed by atoms with Gasteiger partial charge in [-0.1, -0.05) is 13.5 Å². The Bertz CT molecular complexity index is 598. The lowest BCUT2D eigenvalue weighted by Crippen LogP contribution is -2.11. The van der Waals surface area contributed by atoms with Crippen molar-refractivity contribution in [1.29, 1.82) is 0 Å². The summed E-state index contributed by atoms with van der Waals surface area (Å²) < 4.78 is 30.3. The molecular formula is C13H20N2O4S. The summed E-state index contributed by atoms with van der Waals surface area (Å²) >= 11 is 0. The number of amides is 1. The molecule has 1 amide bonds. The SMILES string of the molecule is C=C(CC)C(N)=O.Cc1cc(S(=O)(=O)O)cc(C)c1N. The standard InChI is InChI=1S/C8H11NO3S.C5H9NO/c1-5-3-7(13(10,11)12)4-6(2)8(5)9;1-3-4(2)5(6)7/h3-4H,9H2,1-2H3,(H,10,11,12);2-3H2,1H3,(H2,6,7). The molecule has 6 nitrogen and oxygen atoms in total. The summed E-state index contributed by atoms with van der Waals surface area (Å²) in [6, 6.07) is 2.69. The van der Waals surface area contributed by atoms with E-state index < -0.39 is 16.0 Å². The van der Waals surface area contributed by atoms with Crippen LogP contribution in [0, 0.1) is 13.8 Å². The van der Waals surface area contributed by atoms with Gasteiger partial charge in [0.2, 0.25) is 5.91 Å². The van der Waals surface area contributed by atoms with Crippen LogP contribution in [0.2, 0.25) is 0 Å². The first-order valence-corrected chi connectivity index (χ1v) is 7.26. The number of benzene rings is 1. The second kappa shape index (κ2) is 7.06. The molecule has 0 spiro atoms. The number of hydrogen-bond acceptors (Lipinski definition) is 4. The highest BCUT2D eigenvalue weighted by Gasteiger charge is 2.11. The van der Waals surface area contributed by atoms with E-state index in [1.807, 2.05) is 6.92 Å². The van der Waals surface area contributed by atoms with Crippen molar-refractivity contribution < 1.29 is 17.8 Å². The van der Waals surface area contributed by atoms with Gasteiger partial charge >= 0.3 is 0 Å². The number of nitrogen functional groups attached to an aromatic ring is 1. The molecular weight excluding hydrogens is 280 g/mol. The molecule has 0 fully saturated rings. The molecule has 1 rings (SSSR count). The van der Waals surface area contributed by atoms with E-state index in [9.17, 15) is 13.2 Å². The van der Waals surface area contributed by atoms with Crippen molar-refractivity contribution in [2.24, 2.45) is 5.73 Å². The normalized spacial score (nSPS) is 10.4. The molecule has 0 saturated heterocycles. The Morgan fingerprint density at radius 3 is 1.90 bits per heavy atom. The minimum absolute atomic E-state index is 0.114. The topological polar surface area (TPSA) is 123 Å². The van der Waals surface area contributed by atoms with Crippen molar-refractivity contribution in [2.45, 2.75) is 32.1 Å². The van der Waals surface area contributed by atoms with Gasteiger partial charge in [-0.15, -0.1) is 0 Å². The summed E-state index contributed by atoms with van der Waals surface area (Å²) in [4.78, 5) is 9.94. The molecule has 0 aliphatic heterocycles. The fourth-order valence-electron chi connectivity index (χ4n) is 1.26. The summed E-state index contributed by atoms with van der Waals surface area (Å²) in [5.41, 5.74) is 12.8. The Hall–Kier alpha value is -1.86. The van der Waals surface area contributed by atoms with Crippen LogP contribution in [0.15, 0.2) is 29.2 Å². The summed E-state index contributed by atoms with van der Waals surface area (Å²) in [5, 5.41) is 0. The third-order valence-electron chi connectivity index (χ3n) is 2.64. The third-order valence-corrected chi connectivity index (χ3v) is 3.47. The first kappa shape index (κ1) is 18.1. The third kappa shape index (κ3) is 5.41. The number of anilines is 1. The summed E-state index contributed by atoms with van der Waals surface area (Å²) in [7, 11) is -4.12. The van der Waals surface area contributed by atoms with Gasteiger partial charge in [-0.05, 0) is 43.5 Å². The molecule has 0 bridgehead atoms. The van der Waals surface area contributed by atoms with E-state index in [1.165, 1.54) is 12.1 Å². The lowest BCUT2D eigenvalue weighted by Gasteiger charge is -2.06. The van der Waals surface area contributed by atoms with E-state index in [-0.39, 0.29) is 4.90 Å². The minimum atomic E-state index is -4.12. The van der Waals surface area contributed by atoms with E-state index in [4.69, 9.17) is 16.0 Å². The van der Waals surface area contributed by atoms with Crippen LogP contribution in [0.5, 0.6) is 0 Å². The molecule has 5 N–H and O–H groups in total.